The molecule has 0 aromatic heterocycles. The van der Waals surface area contributed by atoms with Crippen LogP contribution >= 0.6 is 0 Å². The van der Waals surface area contributed by atoms with Gasteiger partial charge in [-0.2, -0.15) is 0 Å². The third-order valence-corrected chi connectivity index (χ3v) is 3.35. The quantitative estimate of drug-likeness (QED) is 0.706. The van der Waals surface area contributed by atoms with E-state index >= 15 is 0 Å². The van der Waals surface area contributed by atoms with E-state index in [2.05, 4.69) is 32.7 Å². The Morgan fingerprint density at radius 3 is 2.53 bits per heavy atom. The Morgan fingerprint density at radius 2 is 2.13 bits per heavy atom. The molecule has 0 aromatic rings. The molecule has 1 saturated heterocycles. The molecule has 0 radical (unpaired) electrons. The summed E-state index contributed by atoms with van der Waals surface area (Å²) in [5, 5.41) is 0. The summed E-state index contributed by atoms with van der Waals surface area (Å²) in [5.41, 5.74) is 0.0424. The Hall–Kier alpha value is -0.570. The van der Waals surface area contributed by atoms with Crippen LogP contribution in [0.4, 0.5) is 0 Å². The van der Waals surface area contributed by atoms with Gasteiger partial charge in [0.25, 0.3) is 0 Å². The molecule has 88 valence electrons. The van der Waals surface area contributed by atoms with Crippen LogP contribution in [-0.4, -0.2) is 48.4 Å². The summed E-state index contributed by atoms with van der Waals surface area (Å²) in [6.45, 7) is 8.71. The van der Waals surface area contributed by atoms with Crippen LogP contribution in [0.25, 0.3) is 0 Å². The van der Waals surface area contributed by atoms with Gasteiger partial charge in [0.1, 0.15) is 0 Å². The van der Waals surface area contributed by atoms with Crippen molar-refractivity contribution in [1.82, 2.24) is 9.80 Å². The first-order chi connectivity index (χ1) is 6.85. The normalized spacial score (nSPS) is 27.1. The smallest absolute Gasteiger partial charge is 0.222 e. The molecule has 15 heavy (non-hydrogen) atoms. The van der Waals surface area contributed by atoms with Gasteiger partial charge in [0, 0.05) is 26.6 Å². The first kappa shape index (κ1) is 12.5. The van der Waals surface area contributed by atoms with E-state index < -0.39 is 0 Å². The molecule has 0 N–H and O–H groups in total. The van der Waals surface area contributed by atoms with Crippen molar-refractivity contribution < 1.29 is 4.79 Å². The second kappa shape index (κ2) is 4.52. The van der Waals surface area contributed by atoms with Crippen molar-refractivity contribution in [1.29, 1.82) is 0 Å². The van der Waals surface area contributed by atoms with Crippen LogP contribution in [0.2, 0.25) is 0 Å². The SMILES string of the molecule is CC(C)CN(C)C[C@]1(C)CCC(=O)N1C. The first-order valence-corrected chi connectivity index (χ1v) is 5.80. The van der Waals surface area contributed by atoms with E-state index in [0.717, 1.165) is 19.5 Å². The fourth-order valence-corrected chi connectivity index (χ4v) is 2.47. The summed E-state index contributed by atoms with van der Waals surface area (Å²) < 4.78 is 0. The molecule has 3 nitrogen and oxygen atoms in total. The minimum atomic E-state index is 0.0424. The second-order valence-electron chi connectivity index (χ2n) is 5.54. The molecule has 0 aromatic carbocycles. The van der Waals surface area contributed by atoms with Crippen LogP contribution in [0.3, 0.4) is 0 Å². The first-order valence-electron chi connectivity index (χ1n) is 5.80. The van der Waals surface area contributed by atoms with Gasteiger partial charge in [0.05, 0.1) is 5.54 Å². The molecule has 1 atom stereocenters. The molecule has 1 amide bonds. The van der Waals surface area contributed by atoms with Gasteiger partial charge in [0.15, 0.2) is 0 Å². The number of hydrogen-bond donors (Lipinski definition) is 0. The van der Waals surface area contributed by atoms with Gasteiger partial charge in [-0.05, 0) is 26.3 Å². The van der Waals surface area contributed by atoms with E-state index in [1.165, 1.54) is 0 Å². The van der Waals surface area contributed by atoms with E-state index in [1.807, 2.05) is 11.9 Å². The number of nitrogens with zero attached hydrogens (tertiary/aromatic N) is 2. The molecule has 3 heteroatoms. The fourth-order valence-electron chi connectivity index (χ4n) is 2.47. The van der Waals surface area contributed by atoms with Gasteiger partial charge < -0.3 is 9.80 Å². The predicted molar refractivity (Wildman–Crippen MR) is 62.7 cm³/mol. The lowest BCUT2D eigenvalue weighted by Gasteiger charge is -2.36. The highest BCUT2D eigenvalue weighted by molar-refractivity contribution is 5.79. The largest absolute Gasteiger partial charge is 0.339 e. The van der Waals surface area contributed by atoms with E-state index in [9.17, 15) is 4.79 Å². The fraction of sp³-hybridized carbons (Fsp3) is 0.917. The monoisotopic (exact) mass is 212 g/mol. The van der Waals surface area contributed by atoms with E-state index in [0.29, 0.717) is 12.3 Å². The highest BCUT2D eigenvalue weighted by atomic mass is 16.2. The third kappa shape index (κ3) is 2.94. The Labute approximate surface area is 93.4 Å². The van der Waals surface area contributed by atoms with Crippen LogP contribution in [-0.2, 0) is 4.79 Å². The molecule has 1 aliphatic heterocycles. The molecule has 0 bridgehead atoms. The molecule has 1 rings (SSSR count). The summed E-state index contributed by atoms with van der Waals surface area (Å²) in [6.07, 6.45) is 1.70. The lowest BCUT2D eigenvalue weighted by Crippen LogP contribution is -2.49. The minimum absolute atomic E-state index is 0.0424. The molecule has 0 saturated carbocycles. The van der Waals surface area contributed by atoms with E-state index in [-0.39, 0.29) is 11.4 Å². The van der Waals surface area contributed by atoms with Crippen molar-refractivity contribution in [2.24, 2.45) is 5.92 Å². The van der Waals surface area contributed by atoms with Gasteiger partial charge in [-0.25, -0.2) is 0 Å². The highest BCUT2D eigenvalue weighted by Gasteiger charge is 2.39. The zero-order chi connectivity index (χ0) is 11.6. The number of carbonyl (C=O) groups excluding carboxylic acids is 1. The van der Waals surface area contributed by atoms with Crippen molar-refractivity contribution >= 4 is 5.91 Å². The maximum absolute atomic E-state index is 11.5. The summed E-state index contributed by atoms with van der Waals surface area (Å²) in [5.74, 6) is 0.969. The number of hydrogen-bond acceptors (Lipinski definition) is 2. The van der Waals surface area contributed by atoms with Gasteiger partial charge >= 0.3 is 0 Å². The number of likely N-dealkylation sites (N-methyl/N-ethyl adjacent to an activating group) is 2. The lowest BCUT2D eigenvalue weighted by molar-refractivity contribution is -0.129. The molecule has 1 aliphatic rings. The van der Waals surface area contributed by atoms with Crippen molar-refractivity contribution in [3.63, 3.8) is 0 Å². The predicted octanol–water partition coefficient (Wildman–Crippen LogP) is 1.59. The van der Waals surface area contributed by atoms with Gasteiger partial charge in [-0.15, -0.1) is 0 Å². The van der Waals surface area contributed by atoms with Crippen molar-refractivity contribution in [3.8, 4) is 0 Å². The van der Waals surface area contributed by atoms with Gasteiger partial charge in [-0.3, -0.25) is 4.79 Å². The van der Waals surface area contributed by atoms with Crippen LogP contribution in [0.1, 0.15) is 33.6 Å². The Balaban J connectivity index is 2.53. The van der Waals surface area contributed by atoms with Crippen LogP contribution < -0.4 is 0 Å². The minimum Gasteiger partial charge on any atom is -0.339 e. The highest BCUT2D eigenvalue weighted by Crippen LogP contribution is 2.28. The topological polar surface area (TPSA) is 23.6 Å². The standard InChI is InChI=1S/C12H24N2O/c1-10(2)8-13(4)9-12(3)7-6-11(15)14(12)5/h10H,6-9H2,1-5H3/t12-/m0/s1. The summed E-state index contributed by atoms with van der Waals surface area (Å²) >= 11 is 0. The Bertz CT molecular complexity index is 240. The summed E-state index contributed by atoms with van der Waals surface area (Å²) in [4.78, 5) is 15.8. The number of rotatable bonds is 4. The van der Waals surface area contributed by atoms with E-state index in [1.54, 1.807) is 0 Å². The molecule has 1 fully saturated rings. The van der Waals surface area contributed by atoms with E-state index in [4.69, 9.17) is 0 Å². The van der Waals surface area contributed by atoms with Gasteiger partial charge in [0.2, 0.25) is 5.91 Å². The zero-order valence-corrected chi connectivity index (χ0v) is 10.7. The van der Waals surface area contributed by atoms with Crippen molar-refractivity contribution in [2.75, 3.05) is 27.2 Å². The molecule has 0 spiro atoms. The molecular formula is C12H24N2O. The van der Waals surface area contributed by atoms with Gasteiger partial charge in [-0.1, -0.05) is 13.8 Å². The van der Waals surface area contributed by atoms with Crippen molar-refractivity contribution in [2.45, 2.75) is 39.2 Å². The van der Waals surface area contributed by atoms with Crippen LogP contribution in [0.5, 0.6) is 0 Å². The average molecular weight is 212 g/mol. The molecular weight excluding hydrogens is 188 g/mol. The average Bonchev–Trinajstić information content (AvgIpc) is 2.32. The Kier molecular flexibility index (Phi) is 3.77. The molecule has 0 aliphatic carbocycles. The summed E-state index contributed by atoms with van der Waals surface area (Å²) in [7, 11) is 4.07. The number of carbonyl (C=O) groups is 1. The molecule has 0 unspecified atom stereocenters. The number of likely N-dealkylation sites (tertiary alicyclic amines) is 1. The molecule has 1 heterocycles. The maximum atomic E-state index is 11.5. The summed E-state index contributed by atoms with van der Waals surface area (Å²) in [6, 6.07) is 0. The van der Waals surface area contributed by atoms with Crippen molar-refractivity contribution in [3.05, 3.63) is 0 Å². The third-order valence-electron chi connectivity index (χ3n) is 3.35. The lowest BCUT2D eigenvalue weighted by atomic mass is 9.98. The van der Waals surface area contributed by atoms with Crippen LogP contribution in [0, 0.1) is 5.92 Å². The Morgan fingerprint density at radius 1 is 1.53 bits per heavy atom. The zero-order valence-electron chi connectivity index (χ0n) is 10.7. The maximum Gasteiger partial charge on any atom is 0.222 e. The number of amides is 1. The second-order valence-corrected chi connectivity index (χ2v) is 5.54. The van der Waals surface area contributed by atoms with Crippen LogP contribution in [0.15, 0.2) is 0 Å².